The number of benzene rings is 3. The molecule has 3 aromatic rings. The molecule has 0 heterocycles. The summed E-state index contributed by atoms with van der Waals surface area (Å²) in [7, 11) is 3.07. The van der Waals surface area contributed by atoms with E-state index in [2.05, 4.69) is 5.32 Å². The summed E-state index contributed by atoms with van der Waals surface area (Å²) in [5.41, 5.74) is 0.800. The molecule has 10 nitrogen and oxygen atoms in total. The summed E-state index contributed by atoms with van der Waals surface area (Å²) in [4.78, 5) is 33.4. The van der Waals surface area contributed by atoms with Gasteiger partial charge >= 0.3 is 11.9 Å². The first-order valence-electron chi connectivity index (χ1n) is 9.95. The van der Waals surface area contributed by atoms with E-state index in [0.717, 1.165) is 17.7 Å². The van der Waals surface area contributed by atoms with Gasteiger partial charge in [0.2, 0.25) is 5.91 Å². The Morgan fingerprint density at radius 2 is 1.46 bits per heavy atom. The van der Waals surface area contributed by atoms with E-state index < -0.39 is 23.6 Å². The largest absolute Gasteiger partial charge is 0.508 e. The molecular formula is C25H23NO9. The Labute approximate surface area is 200 Å². The number of hydrogen-bond donors (Lipinski definition) is 5. The zero-order chi connectivity index (χ0) is 26.0. The average Bonchev–Trinajstić information content (AvgIpc) is 2.82. The van der Waals surface area contributed by atoms with Crippen LogP contribution in [-0.4, -0.2) is 52.5 Å². The quantitative estimate of drug-likeness (QED) is 0.315. The molecule has 0 unspecified atom stereocenters. The highest BCUT2D eigenvalue weighted by Crippen LogP contribution is 2.28. The minimum atomic E-state index is -1.22. The Kier molecular flexibility index (Phi) is 9.23. The van der Waals surface area contributed by atoms with Crippen molar-refractivity contribution in [2.75, 3.05) is 19.5 Å². The lowest BCUT2D eigenvalue weighted by molar-refractivity contribution is -0.111. The number of carboxylic acids is 2. The van der Waals surface area contributed by atoms with Crippen LogP contribution in [0.25, 0.3) is 6.08 Å². The fourth-order valence-electron chi connectivity index (χ4n) is 2.78. The van der Waals surface area contributed by atoms with Gasteiger partial charge < -0.3 is 35.2 Å². The van der Waals surface area contributed by atoms with Gasteiger partial charge in [-0.3, -0.25) is 4.79 Å². The number of carboxylic acid groups (broad SMARTS) is 2. The molecule has 0 aliphatic rings. The van der Waals surface area contributed by atoms with Crippen molar-refractivity contribution in [2.45, 2.75) is 0 Å². The fourth-order valence-corrected chi connectivity index (χ4v) is 2.78. The Balaban J connectivity index is 0.000000328. The molecule has 5 N–H and O–H groups in total. The Morgan fingerprint density at radius 3 is 2.06 bits per heavy atom. The molecule has 0 bridgehead atoms. The van der Waals surface area contributed by atoms with Crippen LogP contribution in [-0.2, 0) is 4.79 Å². The molecule has 0 aliphatic carbocycles. The minimum absolute atomic E-state index is 0.0327. The van der Waals surface area contributed by atoms with Crippen molar-refractivity contribution < 1.29 is 44.3 Å². The molecule has 0 radical (unpaired) electrons. The van der Waals surface area contributed by atoms with Crippen molar-refractivity contribution in [2.24, 2.45) is 0 Å². The number of para-hydroxylation sites is 1. The molecule has 0 saturated carbocycles. The van der Waals surface area contributed by atoms with E-state index in [1.807, 2.05) is 0 Å². The third-order valence-corrected chi connectivity index (χ3v) is 4.46. The van der Waals surface area contributed by atoms with Crippen molar-refractivity contribution in [3.63, 3.8) is 0 Å². The maximum absolute atomic E-state index is 12.0. The highest BCUT2D eigenvalue weighted by atomic mass is 16.5. The number of aromatic carboxylic acids is 2. The van der Waals surface area contributed by atoms with Crippen molar-refractivity contribution >= 4 is 29.6 Å². The molecule has 3 rings (SSSR count). The number of ether oxygens (including phenoxy) is 2. The Hall–Kier alpha value is -4.99. The van der Waals surface area contributed by atoms with Crippen LogP contribution in [0, 0.1) is 0 Å². The van der Waals surface area contributed by atoms with Gasteiger partial charge in [-0.2, -0.15) is 0 Å². The summed E-state index contributed by atoms with van der Waals surface area (Å²) < 4.78 is 10.3. The zero-order valence-corrected chi connectivity index (χ0v) is 18.8. The number of rotatable bonds is 7. The molecule has 1 amide bonds. The molecule has 3 aromatic carbocycles. The van der Waals surface area contributed by atoms with Crippen LogP contribution in [0.3, 0.4) is 0 Å². The number of anilines is 1. The first-order valence-corrected chi connectivity index (χ1v) is 9.95. The zero-order valence-electron chi connectivity index (χ0n) is 18.8. The first kappa shape index (κ1) is 26.3. The maximum Gasteiger partial charge on any atom is 0.339 e. The van der Waals surface area contributed by atoms with E-state index in [0.29, 0.717) is 11.5 Å². The van der Waals surface area contributed by atoms with Gasteiger partial charge in [0, 0.05) is 12.1 Å². The number of aromatic hydroxyl groups is 2. The summed E-state index contributed by atoms with van der Waals surface area (Å²) >= 11 is 0. The summed E-state index contributed by atoms with van der Waals surface area (Å²) in [6.45, 7) is 0. The molecule has 35 heavy (non-hydrogen) atoms. The molecule has 0 spiro atoms. The number of phenolic OH excluding ortho intramolecular Hbond substituents is 1. The lowest BCUT2D eigenvalue weighted by Crippen LogP contribution is -2.11. The summed E-state index contributed by atoms with van der Waals surface area (Å²) in [5, 5.41) is 37.8. The van der Waals surface area contributed by atoms with Crippen molar-refractivity contribution in [1.82, 2.24) is 0 Å². The van der Waals surface area contributed by atoms with E-state index in [1.165, 1.54) is 31.4 Å². The minimum Gasteiger partial charge on any atom is -0.508 e. The van der Waals surface area contributed by atoms with Gasteiger partial charge in [-0.1, -0.05) is 18.2 Å². The third-order valence-electron chi connectivity index (χ3n) is 4.46. The molecule has 0 atom stereocenters. The number of carbonyl (C=O) groups is 3. The molecular weight excluding hydrogens is 458 g/mol. The highest BCUT2D eigenvalue weighted by molar-refractivity contribution is 6.06. The second-order valence-electron chi connectivity index (χ2n) is 6.79. The summed E-state index contributed by atoms with van der Waals surface area (Å²) in [6.07, 6.45) is 2.92. The number of methoxy groups -OCH3 is 2. The topological polar surface area (TPSA) is 163 Å². The molecule has 10 heteroatoms. The second kappa shape index (κ2) is 12.3. The first-order chi connectivity index (χ1) is 16.7. The summed E-state index contributed by atoms with van der Waals surface area (Å²) in [5.74, 6) is -2.20. The number of amides is 1. The Bertz CT molecular complexity index is 1250. The van der Waals surface area contributed by atoms with Gasteiger partial charge in [-0.15, -0.1) is 0 Å². The monoisotopic (exact) mass is 481 g/mol. The van der Waals surface area contributed by atoms with E-state index in [4.69, 9.17) is 29.9 Å². The van der Waals surface area contributed by atoms with Gasteiger partial charge in [0.05, 0.1) is 25.5 Å². The molecule has 0 aliphatic heterocycles. The van der Waals surface area contributed by atoms with E-state index in [9.17, 15) is 14.4 Å². The van der Waals surface area contributed by atoms with E-state index in [-0.39, 0.29) is 22.6 Å². The fraction of sp³-hybridized carbons (Fsp3) is 0.0800. The SMILES string of the molecule is COc1ccc(/C=C/C(=O)Nc2ccccc2C(=O)O)cc1OC.O=C(O)c1ccc(O)cc1O. The van der Waals surface area contributed by atoms with Crippen LogP contribution in [0.4, 0.5) is 5.69 Å². The standard InChI is InChI=1S/C18H17NO5.C7H6O4/c1-23-15-9-7-12(11-16(15)24-2)8-10-17(20)19-14-6-4-3-5-13(14)18(21)22;8-4-1-2-5(7(10)11)6(9)3-4/h3-11H,1-2H3,(H,19,20)(H,21,22);1-3,8-9H,(H,10,11)/b10-8+;. The van der Waals surface area contributed by atoms with Gasteiger partial charge in [-0.25, -0.2) is 9.59 Å². The highest BCUT2D eigenvalue weighted by Gasteiger charge is 2.10. The molecule has 0 saturated heterocycles. The predicted molar refractivity (Wildman–Crippen MR) is 127 cm³/mol. The number of hydrogen-bond acceptors (Lipinski definition) is 7. The lowest BCUT2D eigenvalue weighted by atomic mass is 10.1. The van der Waals surface area contributed by atoms with Crippen LogP contribution < -0.4 is 14.8 Å². The van der Waals surface area contributed by atoms with Crippen LogP contribution in [0.1, 0.15) is 26.3 Å². The third kappa shape index (κ3) is 7.53. The lowest BCUT2D eigenvalue weighted by Gasteiger charge is -2.08. The smallest absolute Gasteiger partial charge is 0.339 e. The maximum atomic E-state index is 12.0. The van der Waals surface area contributed by atoms with Gasteiger partial charge in [0.1, 0.15) is 17.1 Å². The van der Waals surface area contributed by atoms with Crippen molar-refractivity contribution in [3.05, 3.63) is 83.4 Å². The average molecular weight is 481 g/mol. The Morgan fingerprint density at radius 1 is 0.800 bits per heavy atom. The van der Waals surface area contributed by atoms with Crippen molar-refractivity contribution in [1.29, 1.82) is 0 Å². The van der Waals surface area contributed by atoms with Crippen LogP contribution in [0.15, 0.2) is 66.7 Å². The van der Waals surface area contributed by atoms with E-state index in [1.54, 1.807) is 43.5 Å². The summed E-state index contributed by atoms with van der Waals surface area (Å²) in [6, 6.07) is 14.8. The molecule has 0 aromatic heterocycles. The molecule has 0 fully saturated rings. The van der Waals surface area contributed by atoms with Crippen LogP contribution in [0.5, 0.6) is 23.0 Å². The van der Waals surface area contributed by atoms with Crippen LogP contribution >= 0.6 is 0 Å². The number of nitrogens with one attached hydrogen (secondary N) is 1. The van der Waals surface area contributed by atoms with Crippen molar-refractivity contribution in [3.8, 4) is 23.0 Å². The normalized spacial score (nSPS) is 10.1. The number of carbonyl (C=O) groups excluding carboxylic acids is 1. The van der Waals surface area contributed by atoms with E-state index >= 15 is 0 Å². The van der Waals surface area contributed by atoms with Gasteiger partial charge in [-0.05, 0) is 48.0 Å². The van der Waals surface area contributed by atoms with Gasteiger partial charge in [0.25, 0.3) is 0 Å². The number of phenols is 2. The van der Waals surface area contributed by atoms with Crippen LogP contribution in [0.2, 0.25) is 0 Å². The predicted octanol–water partition coefficient (Wildman–Crippen LogP) is 3.85. The van der Waals surface area contributed by atoms with Gasteiger partial charge in [0.15, 0.2) is 11.5 Å². The molecule has 182 valence electrons. The second-order valence-corrected chi connectivity index (χ2v) is 6.79.